The van der Waals surface area contributed by atoms with E-state index in [0.29, 0.717) is 4.88 Å². The zero-order chi connectivity index (χ0) is 14.8. The summed E-state index contributed by atoms with van der Waals surface area (Å²) in [7, 11) is 1.86. The van der Waals surface area contributed by atoms with Crippen molar-refractivity contribution < 1.29 is 13.2 Å². The van der Waals surface area contributed by atoms with Gasteiger partial charge in [-0.25, -0.2) is 0 Å². The summed E-state index contributed by atoms with van der Waals surface area (Å²) >= 11 is 1.41. The molecule has 1 atom stereocenters. The van der Waals surface area contributed by atoms with Crippen LogP contribution >= 0.6 is 11.3 Å². The third-order valence-corrected chi connectivity index (χ3v) is 4.46. The van der Waals surface area contributed by atoms with Gasteiger partial charge < -0.3 is 5.32 Å². The number of hydrogen-bond donors (Lipinski definition) is 1. The van der Waals surface area contributed by atoms with Crippen LogP contribution in [-0.2, 0) is 6.18 Å². The first-order chi connectivity index (χ1) is 9.47. The summed E-state index contributed by atoms with van der Waals surface area (Å²) in [5.41, 5.74) is -0.326. The third kappa shape index (κ3) is 3.04. The van der Waals surface area contributed by atoms with E-state index >= 15 is 0 Å². The van der Waals surface area contributed by atoms with Gasteiger partial charge in [0.05, 0.1) is 5.56 Å². The molecular weight excluding hydrogens is 283 g/mol. The number of benzene rings is 1. The predicted octanol–water partition coefficient (Wildman–Crippen LogP) is 5.10. The predicted molar refractivity (Wildman–Crippen MR) is 76.8 cm³/mol. The number of alkyl halides is 3. The van der Waals surface area contributed by atoms with Crippen LogP contribution in [0.5, 0.6) is 0 Å². The maximum absolute atomic E-state index is 13.0. The van der Waals surface area contributed by atoms with Crippen LogP contribution in [0.25, 0.3) is 10.4 Å². The lowest BCUT2D eigenvalue weighted by Crippen LogP contribution is -2.13. The first-order valence-corrected chi connectivity index (χ1v) is 7.22. The highest BCUT2D eigenvalue weighted by Crippen LogP contribution is 2.40. The van der Waals surface area contributed by atoms with Crippen molar-refractivity contribution in [3.05, 3.63) is 46.8 Å². The van der Waals surface area contributed by atoms with E-state index in [1.807, 2.05) is 20.0 Å². The molecule has 0 saturated heterocycles. The van der Waals surface area contributed by atoms with Crippen LogP contribution in [0.2, 0.25) is 0 Å². The van der Waals surface area contributed by atoms with Gasteiger partial charge in [-0.15, -0.1) is 11.3 Å². The van der Waals surface area contributed by atoms with Gasteiger partial charge in [0.25, 0.3) is 0 Å². The molecule has 1 aromatic carbocycles. The number of thiophene rings is 1. The molecule has 108 valence electrons. The minimum atomic E-state index is -4.33. The second-order valence-corrected chi connectivity index (χ2v) is 5.61. The topological polar surface area (TPSA) is 12.0 Å². The summed E-state index contributed by atoms with van der Waals surface area (Å²) in [6.07, 6.45) is -3.43. The van der Waals surface area contributed by atoms with Crippen LogP contribution in [0, 0.1) is 0 Å². The highest BCUT2D eigenvalue weighted by atomic mass is 32.1. The molecule has 1 nitrogen and oxygen atoms in total. The van der Waals surface area contributed by atoms with E-state index < -0.39 is 11.7 Å². The van der Waals surface area contributed by atoms with Crippen LogP contribution in [0.3, 0.4) is 0 Å². The van der Waals surface area contributed by atoms with E-state index in [1.54, 1.807) is 12.1 Å². The molecular formula is C15H16F3NS. The number of halogens is 3. The van der Waals surface area contributed by atoms with Gasteiger partial charge in [0.2, 0.25) is 0 Å². The molecule has 0 spiro atoms. The largest absolute Gasteiger partial charge is 0.417 e. The van der Waals surface area contributed by atoms with Gasteiger partial charge in [0.1, 0.15) is 0 Å². The first-order valence-electron chi connectivity index (χ1n) is 6.41. The molecule has 20 heavy (non-hydrogen) atoms. The van der Waals surface area contributed by atoms with Crippen LogP contribution in [-0.4, -0.2) is 7.05 Å². The Labute approximate surface area is 120 Å². The molecule has 1 unspecified atom stereocenters. The van der Waals surface area contributed by atoms with Crippen molar-refractivity contribution in [3.63, 3.8) is 0 Å². The molecule has 5 heteroatoms. The molecule has 1 heterocycles. The summed E-state index contributed by atoms with van der Waals surface area (Å²) in [4.78, 5) is 1.71. The number of rotatable bonds is 4. The summed E-state index contributed by atoms with van der Waals surface area (Å²) in [5, 5.41) is 3.17. The lowest BCUT2D eigenvalue weighted by atomic mass is 10.1. The van der Waals surface area contributed by atoms with Crippen molar-refractivity contribution in [1.29, 1.82) is 0 Å². The molecule has 0 radical (unpaired) electrons. The van der Waals surface area contributed by atoms with Crippen LogP contribution in [0.15, 0.2) is 36.4 Å². The summed E-state index contributed by atoms with van der Waals surface area (Å²) < 4.78 is 39.1. The quantitative estimate of drug-likeness (QED) is 0.827. The minimum Gasteiger partial charge on any atom is -0.312 e. The van der Waals surface area contributed by atoms with Crippen LogP contribution < -0.4 is 5.32 Å². The zero-order valence-corrected chi connectivity index (χ0v) is 12.1. The van der Waals surface area contributed by atoms with E-state index in [4.69, 9.17) is 0 Å². The number of hydrogen-bond acceptors (Lipinski definition) is 2. The minimum absolute atomic E-state index is 0.187. The third-order valence-electron chi connectivity index (χ3n) is 3.22. The van der Waals surface area contributed by atoms with E-state index in [2.05, 4.69) is 5.32 Å². The maximum atomic E-state index is 13.0. The van der Waals surface area contributed by atoms with Crippen molar-refractivity contribution in [2.24, 2.45) is 0 Å². The molecule has 0 saturated carbocycles. The SMILES string of the molecule is CCC(NC)c1ccc(-c2ccccc2C(F)(F)F)s1. The zero-order valence-electron chi connectivity index (χ0n) is 11.3. The second-order valence-electron chi connectivity index (χ2n) is 4.49. The molecule has 2 aromatic rings. The molecule has 0 aliphatic heterocycles. The van der Waals surface area contributed by atoms with Gasteiger partial charge in [-0.05, 0) is 31.7 Å². The standard InChI is InChI=1S/C15H16F3NS/c1-3-12(19-2)14-9-8-13(20-14)10-6-4-5-7-11(10)15(16,17)18/h4-9,12,19H,3H2,1-2H3. The molecule has 2 rings (SSSR count). The summed E-state index contributed by atoms with van der Waals surface area (Å²) in [5.74, 6) is 0. The Hall–Kier alpha value is -1.33. The summed E-state index contributed by atoms with van der Waals surface area (Å²) in [6.45, 7) is 2.05. The van der Waals surface area contributed by atoms with E-state index in [-0.39, 0.29) is 11.6 Å². The molecule has 0 fully saturated rings. The Morgan fingerprint density at radius 3 is 2.45 bits per heavy atom. The van der Waals surface area contributed by atoms with Crippen molar-refractivity contribution in [2.75, 3.05) is 7.05 Å². The molecule has 1 aromatic heterocycles. The van der Waals surface area contributed by atoms with Gasteiger partial charge >= 0.3 is 6.18 Å². The fourth-order valence-electron chi connectivity index (χ4n) is 2.18. The first kappa shape index (κ1) is 15.1. The lowest BCUT2D eigenvalue weighted by molar-refractivity contribution is -0.137. The van der Waals surface area contributed by atoms with Gasteiger partial charge in [-0.2, -0.15) is 13.2 Å². The molecule has 0 amide bonds. The summed E-state index contributed by atoms with van der Waals surface area (Å²) in [6, 6.07) is 9.57. The number of nitrogens with one attached hydrogen (secondary N) is 1. The molecule has 0 bridgehead atoms. The molecule has 0 aliphatic carbocycles. The Morgan fingerprint density at radius 1 is 1.15 bits per heavy atom. The smallest absolute Gasteiger partial charge is 0.312 e. The highest BCUT2D eigenvalue weighted by Gasteiger charge is 2.33. The Morgan fingerprint density at radius 2 is 1.85 bits per heavy atom. The Balaban J connectivity index is 2.43. The lowest BCUT2D eigenvalue weighted by Gasteiger charge is -2.12. The Bertz CT molecular complexity index is 570. The average molecular weight is 299 g/mol. The fourth-order valence-corrected chi connectivity index (χ4v) is 3.42. The van der Waals surface area contributed by atoms with Crippen LogP contribution in [0.4, 0.5) is 13.2 Å². The highest BCUT2D eigenvalue weighted by molar-refractivity contribution is 7.15. The van der Waals surface area contributed by atoms with Crippen molar-refractivity contribution >= 4 is 11.3 Å². The Kier molecular flexibility index (Phi) is 4.50. The van der Waals surface area contributed by atoms with Gasteiger partial charge in [0, 0.05) is 21.4 Å². The van der Waals surface area contributed by atoms with Gasteiger partial charge in [0.15, 0.2) is 0 Å². The van der Waals surface area contributed by atoms with E-state index in [1.165, 1.54) is 23.5 Å². The molecule has 0 aliphatic rings. The second kappa shape index (κ2) is 5.97. The van der Waals surface area contributed by atoms with Crippen molar-refractivity contribution in [1.82, 2.24) is 5.32 Å². The fraction of sp³-hybridized carbons (Fsp3) is 0.333. The van der Waals surface area contributed by atoms with E-state index in [9.17, 15) is 13.2 Å². The molecule has 1 N–H and O–H groups in total. The van der Waals surface area contributed by atoms with Crippen LogP contribution in [0.1, 0.15) is 29.8 Å². The average Bonchev–Trinajstić information content (AvgIpc) is 2.89. The van der Waals surface area contributed by atoms with Crippen molar-refractivity contribution in [3.8, 4) is 10.4 Å². The van der Waals surface area contributed by atoms with Crippen molar-refractivity contribution in [2.45, 2.75) is 25.6 Å². The van der Waals surface area contributed by atoms with Gasteiger partial charge in [-0.3, -0.25) is 0 Å². The maximum Gasteiger partial charge on any atom is 0.417 e. The van der Waals surface area contributed by atoms with Gasteiger partial charge in [-0.1, -0.05) is 25.1 Å². The normalized spacial score (nSPS) is 13.4. The monoisotopic (exact) mass is 299 g/mol. The van der Waals surface area contributed by atoms with E-state index in [0.717, 1.165) is 17.4 Å².